The largest absolute Gasteiger partial charge is 0.492 e. The Labute approximate surface area is 112 Å². The molecule has 0 radical (unpaired) electrons. The number of hydrogen-bond donors (Lipinski definition) is 1. The molecule has 0 saturated carbocycles. The lowest BCUT2D eigenvalue weighted by molar-refractivity contribution is 0.317. The third-order valence-electron chi connectivity index (χ3n) is 2.44. The van der Waals surface area contributed by atoms with Crippen LogP contribution in [0.5, 0.6) is 5.75 Å². The molecule has 1 aromatic heterocycles. The van der Waals surface area contributed by atoms with Crippen LogP contribution in [0.4, 0.5) is 5.69 Å². The van der Waals surface area contributed by atoms with Gasteiger partial charge < -0.3 is 14.5 Å². The number of nitrogens with one attached hydrogen (secondary N) is 1. The third kappa shape index (κ3) is 3.44. The number of hydrogen-bond acceptors (Lipinski definition) is 3. The van der Waals surface area contributed by atoms with Crippen molar-refractivity contribution in [3.8, 4) is 5.75 Å². The molecule has 0 aliphatic carbocycles. The zero-order valence-electron chi connectivity index (χ0n) is 10.3. The molecule has 0 amide bonds. The average Bonchev–Trinajstić information content (AvgIpc) is 2.88. The van der Waals surface area contributed by atoms with Gasteiger partial charge in [0.05, 0.1) is 24.4 Å². The molecule has 0 aliphatic heterocycles. The van der Waals surface area contributed by atoms with Crippen molar-refractivity contribution in [1.29, 1.82) is 0 Å². The summed E-state index contributed by atoms with van der Waals surface area (Å²) >= 11 is 6.14. The van der Waals surface area contributed by atoms with E-state index < -0.39 is 0 Å². The highest BCUT2D eigenvalue weighted by Gasteiger charge is 2.03. The number of rotatable bonds is 6. The van der Waals surface area contributed by atoms with Crippen molar-refractivity contribution in [3.05, 3.63) is 47.4 Å². The first-order valence-electron chi connectivity index (χ1n) is 5.98. The van der Waals surface area contributed by atoms with Gasteiger partial charge in [0.25, 0.3) is 0 Å². The second-order valence-electron chi connectivity index (χ2n) is 3.93. The molecule has 18 heavy (non-hydrogen) atoms. The lowest BCUT2D eigenvalue weighted by Crippen LogP contribution is -1.99. The Morgan fingerprint density at radius 2 is 2.22 bits per heavy atom. The first-order chi connectivity index (χ1) is 8.79. The predicted octanol–water partition coefficient (Wildman–Crippen LogP) is 4.33. The maximum atomic E-state index is 6.14. The van der Waals surface area contributed by atoms with Crippen molar-refractivity contribution >= 4 is 17.3 Å². The van der Waals surface area contributed by atoms with Crippen LogP contribution in [0.15, 0.2) is 41.0 Å². The van der Waals surface area contributed by atoms with Crippen LogP contribution in [0, 0.1) is 0 Å². The van der Waals surface area contributed by atoms with E-state index in [1.165, 1.54) is 0 Å². The molecular weight excluding hydrogens is 250 g/mol. The minimum atomic E-state index is 0.618. The van der Waals surface area contributed by atoms with Gasteiger partial charge in [0.2, 0.25) is 0 Å². The molecule has 2 aromatic rings. The molecular formula is C14H16ClNO2. The van der Waals surface area contributed by atoms with Crippen molar-refractivity contribution in [1.82, 2.24) is 0 Å². The van der Waals surface area contributed by atoms with Gasteiger partial charge >= 0.3 is 0 Å². The van der Waals surface area contributed by atoms with Crippen molar-refractivity contribution in [2.45, 2.75) is 19.9 Å². The molecule has 3 nitrogen and oxygen atoms in total. The molecule has 1 aromatic carbocycles. The maximum absolute atomic E-state index is 6.14. The van der Waals surface area contributed by atoms with Gasteiger partial charge in [0, 0.05) is 5.69 Å². The van der Waals surface area contributed by atoms with E-state index >= 15 is 0 Å². The van der Waals surface area contributed by atoms with Crippen LogP contribution in [0.2, 0.25) is 5.02 Å². The maximum Gasteiger partial charge on any atom is 0.138 e. The van der Waals surface area contributed by atoms with Crippen LogP contribution >= 0.6 is 11.6 Å². The highest BCUT2D eigenvalue weighted by Crippen LogP contribution is 2.28. The van der Waals surface area contributed by atoms with Crippen LogP contribution in [0.25, 0.3) is 0 Å². The minimum Gasteiger partial charge on any atom is -0.492 e. The van der Waals surface area contributed by atoms with E-state index in [1.54, 1.807) is 6.26 Å². The third-order valence-corrected chi connectivity index (χ3v) is 2.74. The first kappa shape index (κ1) is 12.8. The summed E-state index contributed by atoms with van der Waals surface area (Å²) in [7, 11) is 0. The summed E-state index contributed by atoms with van der Waals surface area (Å²) in [4.78, 5) is 0. The van der Waals surface area contributed by atoms with E-state index in [4.69, 9.17) is 20.8 Å². The molecule has 2 rings (SSSR count). The Hall–Kier alpha value is -1.61. The van der Waals surface area contributed by atoms with Gasteiger partial charge in [-0.3, -0.25) is 0 Å². The van der Waals surface area contributed by atoms with Gasteiger partial charge in [-0.1, -0.05) is 18.5 Å². The van der Waals surface area contributed by atoms with Crippen LogP contribution in [0.1, 0.15) is 19.1 Å². The number of benzene rings is 1. The molecule has 0 aliphatic rings. The molecule has 4 heteroatoms. The molecule has 1 N–H and O–H groups in total. The van der Waals surface area contributed by atoms with Gasteiger partial charge in [-0.15, -0.1) is 0 Å². The topological polar surface area (TPSA) is 34.4 Å². The predicted molar refractivity (Wildman–Crippen MR) is 73.3 cm³/mol. The highest BCUT2D eigenvalue weighted by molar-refractivity contribution is 6.32. The van der Waals surface area contributed by atoms with Crippen molar-refractivity contribution in [2.75, 3.05) is 11.9 Å². The molecule has 0 fully saturated rings. The zero-order valence-corrected chi connectivity index (χ0v) is 11.0. The van der Waals surface area contributed by atoms with Crippen molar-refractivity contribution < 1.29 is 9.15 Å². The fourth-order valence-electron chi connectivity index (χ4n) is 1.54. The van der Waals surface area contributed by atoms with E-state index in [0.29, 0.717) is 18.2 Å². The minimum absolute atomic E-state index is 0.618. The van der Waals surface area contributed by atoms with Crippen LogP contribution in [-0.4, -0.2) is 6.61 Å². The molecule has 0 atom stereocenters. The van der Waals surface area contributed by atoms with Gasteiger partial charge in [-0.25, -0.2) is 0 Å². The number of ether oxygens (including phenoxy) is 1. The molecule has 0 unspecified atom stereocenters. The average molecular weight is 266 g/mol. The van der Waals surface area contributed by atoms with Gasteiger partial charge in [0.1, 0.15) is 11.5 Å². The first-order valence-corrected chi connectivity index (χ1v) is 6.36. The van der Waals surface area contributed by atoms with E-state index in [1.807, 2.05) is 30.3 Å². The standard InChI is InChI=1S/C14H16ClNO2/c1-2-7-18-14-6-5-11(9-13(14)15)16-10-12-4-3-8-17-12/h3-6,8-9,16H,2,7,10H2,1H3. The summed E-state index contributed by atoms with van der Waals surface area (Å²) in [5.41, 5.74) is 0.945. The van der Waals surface area contributed by atoms with Crippen molar-refractivity contribution in [2.24, 2.45) is 0 Å². The summed E-state index contributed by atoms with van der Waals surface area (Å²) in [5.74, 6) is 1.61. The van der Waals surface area contributed by atoms with Crippen LogP contribution in [0.3, 0.4) is 0 Å². The Balaban J connectivity index is 1.95. The second kappa shape index (κ2) is 6.36. The van der Waals surface area contributed by atoms with Gasteiger partial charge in [-0.2, -0.15) is 0 Å². The van der Waals surface area contributed by atoms with Gasteiger partial charge in [0.15, 0.2) is 0 Å². The Morgan fingerprint density at radius 1 is 1.33 bits per heavy atom. The number of furan rings is 1. The van der Waals surface area contributed by atoms with E-state index in [0.717, 1.165) is 23.6 Å². The monoisotopic (exact) mass is 265 g/mol. The van der Waals surface area contributed by atoms with E-state index in [-0.39, 0.29) is 0 Å². The fourth-order valence-corrected chi connectivity index (χ4v) is 1.78. The van der Waals surface area contributed by atoms with Crippen LogP contribution in [-0.2, 0) is 6.54 Å². The second-order valence-corrected chi connectivity index (χ2v) is 4.33. The summed E-state index contributed by atoms with van der Waals surface area (Å²) in [6.07, 6.45) is 2.63. The fraction of sp³-hybridized carbons (Fsp3) is 0.286. The Bertz CT molecular complexity index is 483. The Morgan fingerprint density at radius 3 is 2.89 bits per heavy atom. The number of halogens is 1. The molecule has 96 valence electrons. The van der Waals surface area contributed by atoms with E-state index in [2.05, 4.69) is 12.2 Å². The highest BCUT2D eigenvalue weighted by atomic mass is 35.5. The summed E-state index contributed by atoms with van der Waals surface area (Å²) in [5, 5.41) is 3.86. The summed E-state index contributed by atoms with van der Waals surface area (Å²) in [6, 6.07) is 9.47. The van der Waals surface area contributed by atoms with Gasteiger partial charge in [-0.05, 0) is 36.8 Å². The zero-order chi connectivity index (χ0) is 12.8. The molecule has 1 heterocycles. The molecule has 0 spiro atoms. The molecule has 0 saturated heterocycles. The van der Waals surface area contributed by atoms with Crippen molar-refractivity contribution in [3.63, 3.8) is 0 Å². The molecule has 0 bridgehead atoms. The summed E-state index contributed by atoms with van der Waals surface area (Å²) < 4.78 is 10.8. The quantitative estimate of drug-likeness (QED) is 0.844. The SMILES string of the molecule is CCCOc1ccc(NCc2ccco2)cc1Cl. The lowest BCUT2D eigenvalue weighted by Gasteiger charge is -2.09. The lowest BCUT2D eigenvalue weighted by atomic mass is 10.3. The number of anilines is 1. The van der Waals surface area contributed by atoms with E-state index in [9.17, 15) is 0 Å². The smallest absolute Gasteiger partial charge is 0.138 e. The normalized spacial score (nSPS) is 10.3. The van der Waals surface area contributed by atoms with Crippen LogP contribution < -0.4 is 10.1 Å². The summed E-state index contributed by atoms with van der Waals surface area (Å²) in [6.45, 7) is 3.38. The Kier molecular flexibility index (Phi) is 4.53.